The molecule has 1 aromatic carbocycles. The van der Waals surface area contributed by atoms with E-state index in [4.69, 9.17) is 4.74 Å². The second-order valence-electron chi connectivity index (χ2n) is 3.47. The summed E-state index contributed by atoms with van der Waals surface area (Å²) in [7, 11) is 0. The topological polar surface area (TPSA) is 35.0 Å². The molecule has 0 aliphatic heterocycles. The predicted octanol–water partition coefficient (Wildman–Crippen LogP) is 3.87. The Labute approximate surface area is 111 Å². The number of ether oxygens (including phenoxy) is 1. The van der Waals surface area contributed by atoms with E-state index in [1.165, 1.54) is 18.5 Å². The summed E-state index contributed by atoms with van der Waals surface area (Å²) in [6.45, 7) is 1.77. The lowest BCUT2D eigenvalue weighted by Gasteiger charge is -2.08. The zero-order valence-electron chi connectivity index (χ0n) is 9.45. The van der Waals surface area contributed by atoms with Crippen LogP contribution in [0.4, 0.5) is 8.78 Å². The fourth-order valence-corrected chi connectivity index (χ4v) is 1.69. The number of halogens is 3. The summed E-state index contributed by atoms with van der Waals surface area (Å²) in [5.41, 5.74) is 0.257. The largest absolute Gasteiger partial charge is 0.435 e. The number of benzene rings is 1. The van der Waals surface area contributed by atoms with Crippen molar-refractivity contribution in [2.45, 2.75) is 13.3 Å². The summed E-state index contributed by atoms with van der Waals surface area (Å²) in [5, 5.41) is 0. The smallest absolute Gasteiger partial charge is 0.259 e. The standard InChI is InChI=1S/C12H9BrF2N2O/c1-2-9-11(15)12(17-6-16-9)18-10-5-7(14)3-4-8(10)13/h3-6H,2H2,1H3. The Morgan fingerprint density at radius 1 is 1.28 bits per heavy atom. The van der Waals surface area contributed by atoms with Gasteiger partial charge in [0.15, 0.2) is 0 Å². The number of aromatic nitrogens is 2. The van der Waals surface area contributed by atoms with Crippen LogP contribution in [-0.2, 0) is 6.42 Å². The van der Waals surface area contributed by atoms with Gasteiger partial charge in [-0.1, -0.05) is 6.92 Å². The normalized spacial score (nSPS) is 10.4. The molecule has 0 atom stereocenters. The summed E-state index contributed by atoms with van der Waals surface area (Å²) in [4.78, 5) is 7.49. The van der Waals surface area contributed by atoms with E-state index in [0.29, 0.717) is 10.9 Å². The van der Waals surface area contributed by atoms with Crippen molar-refractivity contribution in [3.63, 3.8) is 0 Å². The third-order valence-corrected chi connectivity index (χ3v) is 2.92. The minimum Gasteiger partial charge on any atom is -0.435 e. The van der Waals surface area contributed by atoms with E-state index in [1.54, 1.807) is 6.92 Å². The second kappa shape index (κ2) is 5.39. The van der Waals surface area contributed by atoms with Gasteiger partial charge < -0.3 is 4.74 Å². The molecule has 2 rings (SSSR count). The highest BCUT2D eigenvalue weighted by Gasteiger charge is 2.13. The Morgan fingerprint density at radius 3 is 2.78 bits per heavy atom. The molecule has 3 nitrogen and oxygen atoms in total. The Balaban J connectivity index is 2.37. The molecular weight excluding hydrogens is 306 g/mol. The highest BCUT2D eigenvalue weighted by molar-refractivity contribution is 9.10. The van der Waals surface area contributed by atoms with E-state index in [2.05, 4.69) is 25.9 Å². The molecular formula is C12H9BrF2N2O. The lowest BCUT2D eigenvalue weighted by molar-refractivity contribution is 0.410. The van der Waals surface area contributed by atoms with Crippen molar-refractivity contribution < 1.29 is 13.5 Å². The van der Waals surface area contributed by atoms with E-state index in [0.717, 1.165) is 6.07 Å². The lowest BCUT2D eigenvalue weighted by atomic mass is 10.3. The quantitative estimate of drug-likeness (QED) is 0.862. The van der Waals surface area contributed by atoms with Gasteiger partial charge in [0.2, 0.25) is 5.82 Å². The highest BCUT2D eigenvalue weighted by Crippen LogP contribution is 2.30. The molecule has 0 fully saturated rings. The van der Waals surface area contributed by atoms with Crippen molar-refractivity contribution in [2.75, 3.05) is 0 Å². The maximum Gasteiger partial charge on any atom is 0.259 e. The first-order valence-electron chi connectivity index (χ1n) is 5.24. The summed E-state index contributed by atoms with van der Waals surface area (Å²) in [5.74, 6) is -1.16. The van der Waals surface area contributed by atoms with Crippen LogP contribution >= 0.6 is 15.9 Å². The van der Waals surface area contributed by atoms with Crippen LogP contribution < -0.4 is 4.74 Å². The Morgan fingerprint density at radius 2 is 2.06 bits per heavy atom. The van der Waals surface area contributed by atoms with Gasteiger partial charge in [0.05, 0.1) is 10.2 Å². The summed E-state index contributed by atoms with van der Waals surface area (Å²) in [6.07, 6.45) is 1.64. The molecule has 1 heterocycles. The van der Waals surface area contributed by atoms with E-state index in [-0.39, 0.29) is 17.3 Å². The first-order valence-corrected chi connectivity index (χ1v) is 6.03. The van der Waals surface area contributed by atoms with Crippen molar-refractivity contribution in [2.24, 2.45) is 0 Å². The summed E-state index contributed by atoms with van der Waals surface area (Å²) in [6, 6.07) is 3.90. The molecule has 0 aliphatic rings. The maximum atomic E-state index is 13.8. The van der Waals surface area contributed by atoms with Gasteiger partial charge in [0.25, 0.3) is 5.88 Å². The van der Waals surface area contributed by atoms with Crippen LogP contribution in [0.2, 0.25) is 0 Å². The predicted molar refractivity (Wildman–Crippen MR) is 65.5 cm³/mol. The van der Waals surface area contributed by atoms with Crippen molar-refractivity contribution in [1.82, 2.24) is 9.97 Å². The van der Waals surface area contributed by atoms with E-state index >= 15 is 0 Å². The van der Waals surface area contributed by atoms with Gasteiger partial charge in [0.1, 0.15) is 17.9 Å². The van der Waals surface area contributed by atoms with E-state index < -0.39 is 11.6 Å². The minimum atomic E-state index is -0.629. The number of aryl methyl sites for hydroxylation is 1. The number of hydrogen-bond acceptors (Lipinski definition) is 3. The van der Waals surface area contributed by atoms with Crippen LogP contribution in [-0.4, -0.2) is 9.97 Å². The number of rotatable bonds is 3. The Hall–Kier alpha value is -1.56. The average Bonchev–Trinajstić information content (AvgIpc) is 2.36. The first-order chi connectivity index (χ1) is 8.61. The molecule has 2 aromatic rings. The molecule has 94 valence electrons. The van der Waals surface area contributed by atoms with Gasteiger partial charge in [-0.15, -0.1) is 0 Å². The fourth-order valence-electron chi connectivity index (χ4n) is 1.36. The molecule has 0 radical (unpaired) electrons. The molecule has 0 aliphatic carbocycles. The van der Waals surface area contributed by atoms with E-state index in [1.807, 2.05) is 0 Å². The van der Waals surface area contributed by atoms with Gasteiger partial charge >= 0.3 is 0 Å². The third-order valence-electron chi connectivity index (χ3n) is 2.26. The first kappa shape index (κ1) is 12.9. The fraction of sp³-hybridized carbons (Fsp3) is 0.167. The second-order valence-corrected chi connectivity index (χ2v) is 4.32. The van der Waals surface area contributed by atoms with Crippen LogP contribution in [0, 0.1) is 11.6 Å². The van der Waals surface area contributed by atoms with Crippen LogP contribution in [0.3, 0.4) is 0 Å². The van der Waals surface area contributed by atoms with Gasteiger partial charge in [-0.25, -0.2) is 9.37 Å². The third kappa shape index (κ3) is 2.64. The minimum absolute atomic E-state index is 0.162. The van der Waals surface area contributed by atoms with Crippen molar-refractivity contribution in [3.8, 4) is 11.6 Å². The lowest BCUT2D eigenvalue weighted by Crippen LogP contribution is -1.99. The zero-order chi connectivity index (χ0) is 13.1. The highest BCUT2D eigenvalue weighted by atomic mass is 79.9. The SMILES string of the molecule is CCc1ncnc(Oc2cc(F)ccc2Br)c1F. The summed E-state index contributed by atoms with van der Waals surface area (Å²) < 4.78 is 32.7. The van der Waals surface area contributed by atoms with Crippen molar-refractivity contribution in [3.05, 3.63) is 46.3 Å². The zero-order valence-corrected chi connectivity index (χ0v) is 11.0. The Kier molecular flexibility index (Phi) is 3.86. The monoisotopic (exact) mass is 314 g/mol. The molecule has 0 unspecified atom stereocenters. The molecule has 0 amide bonds. The molecule has 0 bridgehead atoms. The van der Waals surface area contributed by atoms with Crippen molar-refractivity contribution in [1.29, 1.82) is 0 Å². The number of hydrogen-bond donors (Lipinski definition) is 0. The molecule has 0 saturated heterocycles. The van der Waals surface area contributed by atoms with Gasteiger partial charge in [0, 0.05) is 6.07 Å². The van der Waals surface area contributed by atoms with E-state index in [9.17, 15) is 8.78 Å². The molecule has 6 heteroatoms. The molecule has 0 saturated carbocycles. The van der Waals surface area contributed by atoms with Gasteiger partial charge in [-0.3, -0.25) is 0 Å². The maximum absolute atomic E-state index is 13.8. The molecule has 0 spiro atoms. The van der Waals surface area contributed by atoms with Crippen LogP contribution in [0.5, 0.6) is 11.6 Å². The summed E-state index contributed by atoms with van der Waals surface area (Å²) >= 11 is 3.19. The van der Waals surface area contributed by atoms with Crippen LogP contribution in [0.15, 0.2) is 29.0 Å². The van der Waals surface area contributed by atoms with Crippen molar-refractivity contribution >= 4 is 15.9 Å². The Bertz CT molecular complexity index is 578. The van der Waals surface area contributed by atoms with Gasteiger partial charge in [-0.05, 0) is 34.5 Å². The molecule has 18 heavy (non-hydrogen) atoms. The average molecular weight is 315 g/mol. The molecule has 0 N–H and O–H groups in total. The van der Waals surface area contributed by atoms with Crippen LogP contribution in [0.1, 0.15) is 12.6 Å². The van der Waals surface area contributed by atoms with Gasteiger partial charge in [-0.2, -0.15) is 9.37 Å². The van der Waals surface area contributed by atoms with Crippen LogP contribution in [0.25, 0.3) is 0 Å². The number of nitrogens with zero attached hydrogens (tertiary/aromatic N) is 2. The molecule has 1 aromatic heterocycles.